The summed E-state index contributed by atoms with van der Waals surface area (Å²) in [5.41, 5.74) is 0.0354. The summed E-state index contributed by atoms with van der Waals surface area (Å²) >= 11 is 0. The predicted molar refractivity (Wildman–Crippen MR) is 68.4 cm³/mol. The summed E-state index contributed by atoms with van der Waals surface area (Å²) < 4.78 is 26.3. The van der Waals surface area contributed by atoms with Gasteiger partial charge in [-0.2, -0.15) is 0 Å². The van der Waals surface area contributed by atoms with E-state index in [1.807, 2.05) is 0 Å². The highest BCUT2D eigenvalue weighted by Gasteiger charge is 2.11. The Morgan fingerprint density at radius 3 is 2.70 bits per heavy atom. The van der Waals surface area contributed by atoms with Gasteiger partial charge in [0.25, 0.3) is 5.69 Å². The number of nitrogens with zero attached hydrogens (tertiary/aromatic N) is 1. The number of halogens is 2. The zero-order valence-corrected chi connectivity index (χ0v) is 10.1. The van der Waals surface area contributed by atoms with Crippen LogP contribution in [0.5, 0.6) is 5.75 Å². The lowest BCUT2D eigenvalue weighted by molar-refractivity contribution is -0.385. The third-order valence-corrected chi connectivity index (χ3v) is 2.65. The minimum Gasteiger partial charge on any atom is -0.505 e. The van der Waals surface area contributed by atoms with Gasteiger partial charge in [-0.3, -0.25) is 10.1 Å². The molecule has 0 heterocycles. The van der Waals surface area contributed by atoms with Crippen molar-refractivity contribution < 1.29 is 18.8 Å². The van der Waals surface area contributed by atoms with Crippen LogP contribution in [0.4, 0.5) is 20.2 Å². The Balaban J connectivity index is 2.19. The molecule has 0 aliphatic carbocycles. The molecule has 20 heavy (non-hydrogen) atoms. The van der Waals surface area contributed by atoms with Gasteiger partial charge >= 0.3 is 0 Å². The fourth-order valence-corrected chi connectivity index (χ4v) is 1.68. The standard InChI is InChI=1S/C13H10F2N2O3/c14-9-4-10(6-11(5-9)17(19)20)16-7-8-2-1-3-12(15)13(8)18/h1-6,16,18H,7H2. The van der Waals surface area contributed by atoms with Gasteiger partial charge in [-0.05, 0) is 12.1 Å². The normalized spacial score (nSPS) is 10.3. The lowest BCUT2D eigenvalue weighted by Gasteiger charge is -2.08. The van der Waals surface area contributed by atoms with Crippen LogP contribution in [0.3, 0.4) is 0 Å². The van der Waals surface area contributed by atoms with Crippen LogP contribution in [-0.4, -0.2) is 10.0 Å². The van der Waals surface area contributed by atoms with Crippen molar-refractivity contribution >= 4 is 11.4 Å². The maximum atomic E-state index is 13.2. The summed E-state index contributed by atoms with van der Waals surface area (Å²) in [7, 11) is 0. The lowest BCUT2D eigenvalue weighted by Crippen LogP contribution is -2.01. The van der Waals surface area contributed by atoms with Crippen molar-refractivity contribution in [2.24, 2.45) is 0 Å². The molecule has 0 saturated heterocycles. The summed E-state index contributed by atoms with van der Waals surface area (Å²) in [5, 5.41) is 22.8. The van der Waals surface area contributed by atoms with Crippen molar-refractivity contribution in [3.8, 4) is 5.75 Å². The molecule has 2 aromatic rings. The highest BCUT2D eigenvalue weighted by molar-refractivity contribution is 5.52. The van der Waals surface area contributed by atoms with Crippen LogP contribution in [-0.2, 0) is 6.54 Å². The van der Waals surface area contributed by atoms with E-state index in [1.165, 1.54) is 12.1 Å². The first-order valence-electron chi connectivity index (χ1n) is 5.62. The number of hydrogen-bond acceptors (Lipinski definition) is 4. The van der Waals surface area contributed by atoms with Crippen molar-refractivity contribution in [2.75, 3.05) is 5.32 Å². The SMILES string of the molecule is O=[N+]([O-])c1cc(F)cc(NCc2cccc(F)c2O)c1. The van der Waals surface area contributed by atoms with Crippen molar-refractivity contribution in [1.82, 2.24) is 0 Å². The number of benzene rings is 2. The summed E-state index contributed by atoms with van der Waals surface area (Å²) in [5.74, 6) is -2.04. The number of rotatable bonds is 4. The largest absolute Gasteiger partial charge is 0.505 e. The van der Waals surface area contributed by atoms with Gasteiger partial charge in [-0.25, -0.2) is 8.78 Å². The Morgan fingerprint density at radius 1 is 1.25 bits per heavy atom. The maximum absolute atomic E-state index is 13.2. The zero-order chi connectivity index (χ0) is 14.7. The number of phenols is 1. The molecule has 0 aromatic heterocycles. The molecule has 0 amide bonds. The molecule has 0 fully saturated rings. The molecule has 2 rings (SSSR count). The van der Waals surface area contributed by atoms with E-state index in [1.54, 1.807) is 0 Å². The number of phenolic OH excluding ortho intramolecular Hbond substituents is 1. The minimum absolute atomic E-state index is 0.00417. The van der Waals surface area contributed by atoms with Gasteiger partial charge in [0, 0.05) is 23.9 Å². The van der Waals surface area contributed by atoms with Gasteiger partial charge in [0.2, 0.25) is 0 Å². The fourth-order valence-electron chi connectivity index (χ4n) is 1.68. The Morgan fingerprint density at radius 2 is 2.00 bits per heavy atom. The number of non-ortho nitro benzene ring substituents is 1. The number of hydrogen-bond donors (Lipinski definition) is 2. The van der Waals surface area contributed by atoms with E-state index in [2.05, 4.69) is 5.32 Å². The molecule has 0 spiro atoms. The average molecular weight is 280 g/mol. The molecule has 2 N–H and O–H groups in total. The molecule has 0 unspecified atom stereocenters. The summed E-state index contributed by atoms with van der Waals surface area (Å²) in [6.45, 7) is 0.00417. The van der Waals surface area contributed by atoms with Crippen molar-refractivity contribution in [2.45, 2.75) is 6.54 Å². The topological polar surface area (TPSA) is 75.4 Å². The molecular formula is C13H10F2N2O3. The first-order chi connectivity index (χ1) is 9.47. The molecule has 104 valence electrons. The van der Waals surface area contributed by atoms with E-state index in [-0.39, 0.29) is 17.8 Å². The second kappa shape index (κ2) is 5.52. The third kappa shape index (κ3) is 3.00. The molecule has 0 bridgehead atoms. The second-order valence-electron chi connectivity index (χ2n) is 4.06. The lowest BCUT2D eigenvalue weighted by atomic mass is 10.2. The van der Waals surface area contributed by atoms with Crippen molar-refractivity contribution in [3.63, 3.8) is 0 Å². The van der Waals surface area contributed by atoms with Gasteiger partial charge in [0.15, 0.2) is 11.6 Å². The average Bonchev–Trinajstić information content (AvgIpc) is 2.40. The first-order valence-corrected chi connectivity index (χ1v) is 5.62. The zero-order valence-electron chi connectivity index (χ0n) is 10.1. The highest BCUT2D eigenvalue weighted by atomic mass is 19.1. The maximum Gasteiger partial charge on any atom is 0.274 e. The third-order valence-electron chi connectivity index (χ3n) is 2.65. The van der Waals surface area contributed by atoms with Crippen LogP contribution < -0.4 is 5.32 Å². The van der Waals surface area contributed by atoms with Gasteiger partial charge in [0.05, 0.1) is 11.0 Å². The number of aromatic hydroxyl groups is 1. The van der Waals surface area contributed by atoms with Crippen LogP contribution in [0.1, 0.15) is 5.56 Å². The summed E-state index contributed by atoms with van der Waals surface area (Å²) in [6, 6.07) is 7.03. The molecule has 5 nitrogen and oxygen atoms in total. The number of para-hydroxylation sites is 1. The van der Waals surface area contributed by atoms with E-state index < -0.39 is 28.0 Å². The summed E-state index contributed by atoms with van der Waals surface area (Å²) in [6.07, 6.45) is 0. The monoisotopic (exact) mass is 280 g/mol. The number of nitro benzene ring substituents is 1. The van der Waals surface area contributed by atoms with Crippen LogP contribution in [0.25, 0.3) is 0 Å². The highest BCUT2D eigenvalue weighted by Crippen LogP contribution is 2.24. The number of nitrogens with one attached hydrogen (secondary N) is 1. The second-order valence-corrected chi connectivity index (χ2v) is 4.06. The van der Waals surface area contributed by atoms with Crippen molar-refractivity contribution in [3.05, 3.63) is 63.7 Å². The molecule has 0 saturated carbocycles. The Bertz CT molecular complexity index is 662. The minimum atomic E-state index is -0.769. The van der Waals surface area contributed by atoms with Crippen LogP contribution >= 0.6 is 0 Å². The number of anilines is 1. The van der Waals surface area contributed by atoms with Crippen LogP contribution in [0.2, 0.25) is 0 Å². The van der Waals surface area contributed by atoms with Gasteiger partial charge in [-0.1, -0.05) is 12.1 Å². The molecule has 0 radical (unpaired) electrons. The predicted octanol–water partition coefficient (Wildman–Crippen LogP) is 3.19. The van der Waals surface area contributed by atoms with Gasteiger partial charge in [-0.15, -0.1) is 0 Å². The Kier molecular flexibility index (Phi) is 3.79. The molecule has 0 atom stereocenters. The van der Waals surface area contributed by atoms with E-state index in [0.717, 1.165) is 24.3 Å². The molecule has 2 aromatic carbocycles. The van der Waals surface area contributed by atoms with E-state index >= 15 is 0 Å². The Hall–Kier alpha value is -2.70. The van der Waals surface area contributed by atoms with E-state index in [0.29, 0.717) is 0 Å². The first kappa shape index (κ1) is 13.7. The Labute approximate surface area is 112 Å². The molecule has 0 aliphatic rings. The van der Waals surface area contributed by atoms with Crippen LogP contribution in [0, 0.1) is 21.7 Å². The van der Waals surface area contributed by atoms with E-state index in [9.17, 15) is 24.0 Å². The molecule has 0 aliphatic heterocycles. The van der Waals surface area contributed by atoms with Gasteiger partial charge < -0.3 is 10.4 Å². The fraction of sp³-hybridized carbons (Fsp3) is 0.0769. The van der Waals surface area contributed by atoms with Crippen molar-refractivity contribution in [1.29, 1.82) is 0 Å². The molecule has 7 heteroatoms. The molecular weight excluding hydrogens is 270 g/mol. The van der Waals surface area contributed by atoms with Crippen LogP contribution in [0.15, 0.2) is 36.4 Å². The summed E-state index contributed by atoms with van der Waals surface area (Å²) in [4.78, 5) is 9.89. The van der Waals surface area contributed by atoms with E-state index in [4.69, 9.17) is 0 Å². The smallest absolute Gasteiger partial charge is 0.274 e. The quantitative estimate of drug-likeness (QED) is 0.666. The van der Waals surface area contributed by atoms with Gasteiger partial charge in [0.1, 0.15) is 5.82 Å². The number of nitro groups is 1.